The average molecular weight is 572 g/mol. The highest BCUT2D eigenvalue weighted by Crippen LogP contribution is 2.37. The Morgan fingerprint density at radius 3 is 2.74 bits per heavy atom. The molecule has 42 heavy (non-hydrogen) atoms. The van der Waals surface area contributed by atoms with Crippen molar-refractivity contribution in [2.75, 3.05) is 70.9 Å². The van der Waals surface area contributed by atoms with Gasteiger partial charge in [-0.05, 0) is 23.8 Å². The summed E-state index contributed by atoms with van der Waals surface area (Å²) < 4.78 is 22.1. The molecule has 1 aromatic heterocycles. The zero-order chi connectivity index (χ0) is 29.7. The smallest absolute Gasteiger partial charge is 0.248 e. The van der Waals surface area contributed by atoms with Gasteiger partial charge in [-0.3, -0.25) is 14.7 Å². The molecule has 10 nitrogen and oxygen atoms in total. The summed E-state index contributed by atoms with van der Waals surface area (Å²) in [4.78, 5) is 19.7. The molecule has 2 heterocycles. The molecule has 0 saturated carbocycles. The van der Waals surface area contributed by atoms with Crippen molar-refractivity contribution in [3.05, 3.63) is 72.5 Å². The van der Waals surface area contributed by atoms with E-state index < -0.39 is 0 Å². The molecular formula is C32H37N5O5. The maximum Gasteiger partial charge on any atom is 0.248 e. The van der Waals surface area contributed by atoms with E-state index in [0.29, 0.717) is 66.6 Å². The van der Waals surface area contributed by atoms with Gasteiger partial charge in [-0.2, -0.15) is 5.26 Å². The first-order valence-corrected chi connectivity index (χ1v) is 13.8. The standard InChI is InChI=1S/C32H37N5O5/c1-4-23-7-5-8-25(17-23)35-32-24(20-33)21-34-28-19-30(42-26-10-14-41-22-26)29(18-27(28)32)36-31(38)9-6-11-37(12-15-39-2)13-16-40-3/h4-9,17-19,21,26H,1,10-16,22H2,2-3H3,(H,34,35)(H,36,38)/b9-6+/t26-/m0/s1. The molecule has 1 aliphatic rings. The van der Waals surface area contributed by atoms with E-state index in [1.165, 1.54) is 12.3 Å². The van der Waals surface area contributed by atoms with Crippen molar-refractivity contribution in [3.63, 3.8) is 0 Å². The zero-order valence-corrected chi connectivity index (χ0v) is 24.1. The molecule has 4 rings (SSSR count). The molecule has 1 atom stereocenters. The summed E-state index contributed by atoms with van der Waals surface area (Å²) in [6.45, 7) is 8.09. The molecule has 0 bridgehead atoms. The number of nitrogens with one attached hydrogen (secondary N) is 2. The van der Waals surface area contributed by atoms with Crippen molar-refractivity contribution in [2.24, 2.45) is 0 Å². The lowest BCUT2D eigenvalue weighted by Crippen LogP contribution is -2.31. The van der Waals surface area contributed by atoms with Gasteiger partial charge in [0.2, 0.25) is 5.91 Å². The number of carbonyl (C=O) groups is 1. The molecule has 2 aromatic carbocycles. The molecule has 10 heteroatoms. The zero-order valence-electron chi connectivity index (χ0n) is 24.1. The van der Waals surface area contributed by atoms with Gasteiger partial charge < -0.3 is 29.6 Å². The van der Waals surface area contributed by atoms with Crippen LogP contribution in [-0.4, -0.2) is 82.2 Å². The Morgan fingerprint density at radius 2 is 2.05 bits per heavy atom. The maximum absolute atomic E-state index is 13.1. The third kappa shape index (κ3) is 8.38. The van der Waals surface area contributed by atoms with E-state index in [-0.39, 0.29) is 12.0 Å². The first-order chi connectivity index (χ1) is 20.5. The summed E-state index contributed by atoms with van der Waals surface area (Å²) in [5.41, 5.74) is 3.77. The quantitative estimate of drug-likeness (QED) is 0.249. The molecule has 2 N–H and O–H groups in total. The number of nitriles is 1. The van der Waals surface area contributed by atoms with Crippen LogP contribution < -0.4 is 15.4 Å². The monoisotopic (exact) mass is 571 g/mol. The fourth-order valence-corrected chi connectivity index (χ4v) is 4.53. The van der Waals surface area contributed by atoms with Gasteiger partial charge in [0, 0.05) is 69.7 Å². The van der Waals surface area contributed by atoms with E-state index in [0.717, 1.165) is 30.8 Å². The Morgan fingerprint density at radius 1 is 1.24 bits per heavy atom. The summed E-state index contributed by atoms with van der Waals surface area (Å²) >= 11 is 0. The third-order valence-electron chi connectivity index (χ3n) is 6.78. The number of rotatable bonds is 15. The fraction of sp³-hybridized carbons (Fsp3) is 0.344. The van der Waals surface area contributed by atoms with Crippen molar-refractivity contribution >= 4 is 39.9 Å². The lowest BCUT2D eigenvalue weighted by atomic mass is 10.1. The van der Waals surface area contributed by atoms with Crippen molar-refractivity contribution in [2.45, 2.75) is 12.5 Å². The number of amides is 1. The Labute approximate surface area is 246 Å². The third-order valence-corrected chi connectivity index (χ3v) is 6.78. The van der Waals surface area contributed by atoms with Crippen LogP contribution in [0.25, 0.3) is 17.0 Å². The minimum Gasteiger partial charge on any atom is -0.486 e. The normalized spacial score (nSPS) is 14.8. The second-order valence-corrected chi connectivity index (χ2v) is 9.76. The molecule has 1 amide bonds. The highest BCUT2D eigenvalue weighted by Gasteiger charge is 2.21. The first kappa shape index (κ1) is 30.7. The number of hydrogen-bond donors (Lipinski definition) is 2. The van der Waals surface area contributed by atoms with Gasteiger partial charge in [-0.15, -0.1) is 0 Å². The van der Waals surface area contributed by atoms with Crippen LogP contribution in [0.15, 0.2) is 61.3 Å². The van der Waals surface area contributed by atoms with E-state index in [4.69, 9.17) is 18.9 Å². The summed E-state index contributed by atoms with van der Waals surface area (Å²) in [7, 11) is 3.32. The number of methoxy groups -OCH3 is 2. The summed E-state index contributed by atoms with van der Waals surface area (Å²) in [6, 6.07) is 13.5. The Kier molecular flexibility index (Phi) is 11.4. The molecule has 1 saturated heterocycles. The van der Waals surface area contributed by atoms with E-state index in [1.54, 1.807) is 32.4 Å². The van der Waals surface area contributed by atoms with Gasteiger partial charge in [-0.1, -0.05) is 30.9 Å². The van der Waals surface area contributed by atoms with Crippen molar-refractivity contribution in [1.29, 1.82) is 5.26 Å². The fourth-order valence-electron chi connectivity index (χ4n) is 4.53. The number of carbonyl (C=O) groups excluding carboxylic acids is 1. The summed E-state index contributed by atoms with van der Waals surface area (Å²) in [5, 5.41) is 16.9. The molecule has 3 aromatic rings. The number of hydrogen-bond acceptors (Lipinski definition) is 9. The first-order valence-electron chi connectivity index (χ1n) is 13.8. The molecule has 1 aliphatic heterocycles. The van der Waals surface area contributed by atoms with Crippen LogP contribution in [0.2, 0.25) is 0 Å². The van der Waals surface area contributed by atoms with E-state index in [1.807, 2.05) is 30.3 Å². The van der Waals surface area contributed by atoms with Crippen LogP contribution in [0.4, 0.5) is 17.1 Å². The second kappa shape index (κ2) is 15.7. The molecular weight excluding hydrogens is 534 g/mol. The minimum atomic E-state index is -0.308. The molecule has 0 spiro atoms. The van der Waals surface area contributed by atoms with E-state index in [9.17, 15) is 10.1 Å². The number of pyridine rings is 1. The van der Waals surface area contributed by atoms with Gasteiger partial charge in [-0.25, -0.2) is 0 Å². The summed E-state index contributed by atoms with van der Waals surface area (Å²) in [6.07, 6.45) is 7.21. The SMILES string of the molecule is C=Cc1cccc(Nc2c(C#N)cnc3cc(O[C@H]4CCOC4)c(NC(=O)/C=C/CN(CCOC)CCOC)cc23)c1. The number of aromatic nitrogens is 1. The Bertz CT molecular complexity index is 1440. The lowest BCUT2D eigenvalue weighted by Gasteiger charge is -2.20. The van der Waals surface area contributed by atoms with Crippen LogP contribution >= 0.6 is 0 Å². The number of nitrogens with zero attached hydrogens (tertiary/aromatic N) is 3. The van der Waals surface area contributed by atoms with E-state index >= 15 is 0 Å². The van der Waals surface area contributed by atoms with Crippen molar-refractivity contribution < 1.29 is 23.7 Å². The highest BCUT2D eigenvalue weighted by molar-refractivity contribution is 6.04. The number of anilines is 3. The van der Waals surface area contributed by atoms with Crippen LogP contribution in [0, 0.1) is 11.3 Å². The molecule has 1 fully saturated rings. The maximum atomic E-state index is 13.1. The predicted octanol–water partition coefficient (Wildman–Crippen LogP) is 4.75. The van der Waals surface area contributed by atoms with Crippen LogP contribution in [0.5, 0.6) is 5.75 Å². The molecule has 0 unspecified atom stereocenters. The largest absolute Gasteiger partial charge is 0.486 e. The second-order valence-electron chi connectivity index (χ2n) is 9.76. The minimum absolute atomic E-state index is 0.138. The van der Waals surface area contributed by atoms with Crippen molar-refractivity contribution in [3.8, 4) is 11.8 Å². The predicted molar refractivity (Wildman–Crippen MR) is 164 cm³/mol. The van der Waals surface area contributed by atoms with Gasteiger partial charge in [0.15, 0.2) is 0 Å². The summed E-state index contributed by atoms with van der Waals surface area (Å²) in [5.74, 6) is 0.177. The highest BCUT2D eigenvalue weighted by atomic mass is 16.5. The Balaban J connectivity index is 1.64. The van der Waals surface area contributed by atoms with Gasteiger partial charge in [0.25, 0.3) is 0 Å². The van der Waals surface area contributed by atoms with Crippen molar-refractivity contribution in [1.82, 2.24) is 9.88 Å². The van der Waals surface area contributed by atoms with Crippen LogP contribution in [0.1, 0.15) is 17.5 Å². The molecule has 220 valence electrons. The Hall–Kier alpha value is -4.27. The lowest BCUT2D eigenvalue weighted by molar-refractivity contribution is -0.111. The number of ether oxygens (including phenoxy) is 4. The molecule has 0 aliphatic carbocycles. The number of benzene rings is 2. The number of fused-ring (bicyclic) bond motifs is 1. The van der Waals surface area contributed by atoms with E-state index in [2.05, 4.69) is 33.2 Å². The van der Waals surface area contributed by atoms with Crippen LogP contribution in [-0.2, 0) is 19.0 Å². The van der Waals surface area contributed by atoms with Gasteiger partial charge >= 0.3 is 0 Å². The molecule has 0 radical (unpaired) electrons. The van der Waals surface area contributed by atoms with Gasteiger partial charge in [0.05, 0.1) is 48.9 Å². The van der Waals surface area contributed by atoms with Gasteiger partial charge in [0.1, 0.15) is 17.9 Å². The topological polar surface area (TPSA) is 118 Å². The van der Waals surface area contributed by atoms with Crippen LogP contribution in [0.3, 0.4) is 0 Å². The average Bonchev–Trinajstić information content (AvgIpc) is 3.52.